The van der Waals surface area contributed by atoms with E-state index < -0.39 is 23.5 Å². The van der Waals surface area contributed by atoms with E-state index in [4.69, 9.17) is 5.73 Å². The third kappa shape index (κ3) is 6.84. The monoisotopic (exact) mass is 499 g/mol. The number of aliphatic hydroxyl groups excluding tert-OH is 1. The predicted molar refractivity (Wildman–Crippen MR) is 138 cm³/mol. The lowest BCUT2D eigenvalue weighted by Gasteiger charge is -2.34. The quantitative estimate of drug-likeness (QED) is 0.517. The van der Waals surface area contributed by atoms with Crippen molar-refractivity contribution in [3.8, 4) is 10.4 Å². The summed E-state index contributed by atoms with van der Waals surface area (Å²) in [4.78, 5) is 45.9. The van der Waals surface area contributed by atoms with Crippen molar-refractivity contribution in [3.63, 3.8) is 0 Å². The van der Waals surface area contributed by atoms with Crippen LogP contribution in [0.15, 0.2) is 29.8 Å². The molecule has 3 N–H and O–H groups in total. The maximum absolute atomic E-state index is 13.5. The van der Waals surface area contributed by atoms with Gasteiger partial charge in [-0.1, -0.05) is 45.0 Å². The van der Waals surface area contributed by atoms with Crippen LogP contribution in [-0.2, 0) is 20.8 Å². The lowest BCUT2D eigenvalue weighted by molar-refractivity contribution is -0.145. The molecule has 0 spiro atoms. The van der Waals surface area contributed by atoms with E-state index in [2.05, 4.69) is 4.98 Å². The molecule has 1 aliphatic rings. The highest BCUT2D eigenvalue weighted by Crippen LogP contribution is 2.34. The Morgan fingerprint density at radius 1 is 1.20 bits per heavy atom. The number of thiazole rings is 1. The number of rotatable bonds is 10. The maximum Gasteiger partial charge on any atom is 0.227 e. The van der Waals surface area contributed by atoms with Gasteiger partial charge in [0, 0.05) is 38.1 Å². The van der Waals surface area contributed by atoms with Crippen LogP contribution < -0.4 is 5.73 Å². The topological polar surface area (TPSA) is 114 Å². The van der Waals surface area contributed by atoms with Gasteiger partial charge >= 0.3 is 0 Å². The molecule has 3 rings (SSSR count). The van der Waals surface area contributed by atoms with E-state index in [1.165, 1.54) is 4.90 Å². The summed E-state index contributed by atoms with van der Waals surface area (Å²) in [5, 5.41) is 10.3. The number of amides is 1. The fraction of sp³-hybridized carbons (Fsp3) is 0.556. The van der Waals surface area contributed by atoms with Crippen LogP contribution in [0.4, 0.5) is 0 Å². The van der Waals surface area contributed by atoms with Gasteiger partial charge in [-0.05, 0) is 36.4 Å². The summed E-state index contributed by atoms with van der Waals surface area (Å²) in [6.45, 7) is 8.12. The first-order valence-corrected chi connectivity index (χ1v) is 13.1. The Labute approximate surface area is 211 Å². The highest BCUT2D eigenvalue weighted by Gasteiger charge is 2.43. The zero-order valence-corrected chi connectivity index (χ0v) is 21.9. The molecule has 1 amide bonds. The van der Waals surface area contributed by atoms with Crippen molar-refractivity contribution in [2.75, 3.05) is 13.1 Å². The molecule has 0 aliphatic carbocycles. The first-order chi connectivity index (χ1) is 16.5. The lowest BCUT2D eigenvalue weighted by Crippen LogP contribution is -2.47. The SMILES string of the molecule is Cc1ncsc1-c1ccc(CCC(=O)[C@@H]2C[C@@H](O)CN2C(=O)[C@@H](CC(=O)CCN)C(C)(C)C)cc1. The smallest absolute Gasteiger partial charge is 0.227 e. The van der Waals surface area contributed by atoms with Crippen LogP contribution in [0.25, 0.3) is 10.4 Å². The summed E-state index contributed by atoms with van der Waals surface area (Å²) in [5.74, 6) is -0.912. The van der Waals surface area contributed by atoms with Gasteiger partial charge in [0.25, 0.3) is 0 Å². The highest BCUT2D eigenvalue weighted by molar-refractivity contribution is 7.13. The third-order valence-corrected chi connectivity index (χ3v) is 7.73. The van der Waals surface area contributed by atoms with Crippen LogP contribution >= 0.6 is 11.3 Å². The molecule has 2 heterocycles. The van der Waals surface area contributed by atoms with Gasteiger partial charge < -0.3 is 15.7 Å². The number of ketones is 2. The van der Waals surface area contributed by atoms with Crippen molar-refractivity contribution in [2.45, 2.75) is 71.9 Å². The number of aromatic nitrogens is 1. The van der Waals surface area contributed by atoms with Crippen LogP contribution in [0.5, 0.6) is 0 Å². The standard InChI is InChI=1S/C27H37N3O4S/c1-17-25(35-16-29-17)19-8-5-18(6-9-19)7-10-24(33)23-14-21(32)15-30(23)26(34)22(27(2,3)4)13-20(31)11-12-28/h5-6,8-9,16,21-23,32H,7,10-15,28H2,1-4H3/t21-,22-,23+/m1/s1. The molecular formula is C27H37N3O4S. The van der Waals surface area contributed by atoms with Crippen molar-refractivity contribution < 1.29 is 19.5 Å². The van der Waals surface area contributed by atoms with Crippen molar-refractivity contribution in [2.24, 2.45) is 17.1 Å². The zero-order chi connectivity index (χ0) is 25.8. The number of nitrogens with zero attached hydrogens (tertiary/aromatic N) is 2. The first kappa shape index (κ1) is 27.2. The number of carbonyl (C=O) groups is 3. The second-order valence-corrected chi connectivity index (χ2v) is 11.4. The van der Waals surface area contributed by atoms with Crippen molar-refractivity contribution in [3.05, 3.63) is 41.0 Å². The molecule has 1 saturated heterocycles. The van der Waals surface area contributed by atoms with E-state index in [1.807, 2.05) is 57.5 Å². The van der Waals surface area contributed by atoms with Crippen molar-refractivity contribution in [1.82, 2.24) is 9.88 Å². The average molecular weight is 500 g/mol. The minimum Gasteiger partial charge on any atom is -0.391 e. The number of nitrogens with two attached hydrogens (primary N) is 1. The summed E-state index contributed by atoms with van der Waals surface area (Å²) < 4.78 is 0. The van der Waals surface area contributed by atoms with Crippen molar-refractivity contribution in [1.29, 1.82) is 0 Å². The number of benzene rings is 1. The molecule has 8 heteroatoms. The molecule has 0 saturated carbocycles. The molecule has 3 atom stereocenters. The Kier molecular flexibility index (Phi) is 8.96. The summed E-state index contributed by atoms with van der Waals surface area (Å²) >= 11 is 1.60. The number of likely N-dealkylation sites (tertiary alicyclic amines) is 1. The Morgan fingerprint density at radius 2 is 1.89 bits per heavy atom. The summed E-state index contributed by atoms with van der Waals surface area (Å²) in [7, 11) is 0. The van der Waals surface area contributed by atoms with Crippen LogP contribution in [0.1, 0.15) is 57.7 Å². The minimum absolute atomic E-state index is 0.0552. The third-order valence-electron chi connectivity index (χ3n) is 6.75. The van der Waals surface area contributed by atoms with E-state index in [9.17, 15) is 19.5 Å². The molecule has 190 valence electrons. The first-order valence-electron chi connectivity index (χ1n) is 12.2. The maximum atomic E-state index is 13.5. The Bertz CT molecular complexity index is 1040. The van der Waals surface area contributed by atoms with E-state index in [1.54, 1.807) is 11.3 Å². The molecule has 2 aromatic rings. The molecule has 1 aliphatic heterocycles. The molecule has 1 aromatic carbocycles. The fourth-order valence-electron chi connectivity index (χ4n) is 4.65. The lowest BCUT2D eigenvalue weighted by atomic mass is 9.76. The molecule has 0 unspecified atom stereocenters. The zero-order valence-electron chi connectivity index (χ0n) is 21.1. The second-order valence-electron chi connectivity index (χ2n) is 10.5. The van der Waals surface area contributed by atoms with Crippen LogP contribution in [0.3, 0.4) is 0 Å². The van der Waals surface area contributed by atoms with Gasteiger partial charge in [0.05, 0.1) is 28.2 Å². The predicted octanol–water partition coefficient (Wildman–Crippen LogP) is 3.55. The van der Waals surface area contributed by atoms with Crippen molar-refractivity contribution >= 4 is 28.8 Å². The average Bonchev–Trinajstić information content (AvgIpc) is 3.40. The van der Waals surface area contributed by atoms with E-state index >= 15 is 0 Å². The van der Waals surface area contributed by atoms with Crippen LogP contribution in [0, 0.1) is 18.3 Å². The highest BCUT2D eigenvalue weighted by atomic mass is 32.1. The number of carbonyl (C=O) groups excluding carboxylic acids is 3. The molecular weight excluding hydrogens is 462 g/mol. The van der Waals surface area contributed by atoms with Gasteiger partial charge in [-0.15, -0.1) is 11.3 Å². The molecule has 0 radical (unpaired) electrons. The summed E-state index contributed by atoms with van der Waals surface area (Å²) in [6, 6.07) is 7.47. The number of hydrogen-bond acceptors (Lipinski definition) is 7. The van der Waals surface area contributed by atoms with Gasteiger partial charge in [-0.2, -0.15) is 0 Å². The van der Waals surface area contributed by atoms with Gasteiger partial charge in [-0.25, -0.2) is 4.98 Å². The van der Waals surface area contributed by atoms with E-state index in [0.717, 1.165) is 21.7 Å². The van der Waals surface area contributed by atoms with Gasteiger partial charge in [0.2, 0.25) is 5.91 Å². The number of aliphatic hydroxyl groups is 1. The summed E-state index contributed by atoms with van der Waals surface area (Å²) in [5.41, 5.74) is 10.0. The van der Waals surface area contributed by atoms with Crippen LogP contribution in [-0.4, -0.2) is 57.7 Å². The minimum atomic E-state index is -0.741. The molecule has 0 bridgehead atoms. The summed E-state index contributed by atoms with van der Waals surface area (Å²) in [6.07, 6.45) is 0.668. The number of hydrogen-bond donors (Lipinski definition) is 2. The molecule has 1 aromatic heterocycles. The number of aryl methyl sites for hydroxylation is 2. The number of Topliss-reactive ketones (excluding diaryl/α,β-unsaturated/α-hetero) is 2. The Balaban J connectivity index is 1.67. The Morgan fingerprint density at radius 3 is 2.46 bits per heavy atom. The van der Waals surface area contributed by atoms with E-state index in [-0.39, 0.29) is 56.2 Å². The number of β-amino-alcohol motifs (C(OH)–C–C–N with tert-alkyl or cyclic N) is 1. The van der Waals surface area contributed by atoms with Gasteiger partial charge in [0.15, 0.2) is 5.78 Å². The molecule has 7 nitrogen and oxygen atoms in total. The largest absolute Gasteiger partial charge is 0.391 e. The van der Waals surface area contributed by atoms with E-state index in [0.29, 0.717) is 6.42 Å². The van der Waals surface area contributed by atoms with Crippen LogP contribution in [0.2, 0.25) is 0 Å². The second kappa shape index (κ2) is 11.5. The van der Waals surface area contributed by atoms with Gasteiger partial charge in [-0.3, -0.25) is 14.4 Å². The fourth-order valence-corrected chi connectivity index (χ4v) is 5.46. The Hall–Kier alpha value is -2.42. The van der Waals surface area contributed by atoms with Gasteiger partial charge in [0.1, 0.15) is 5.78 Å². The molecule has 1 fully saturated rings. The normalized spacial score (nSPS) is 19.1. The molecule has 35 heavy (non-hydrogen) atoms.